The fraction of sp³-hybridized carbons (Fsp3) is 0.273. The Bertz CT molecular complexity index is 1280. The molecule has 4 rings (SSSR count). The number of unbranched alkanes of at least 4 members (excludes halogenated alkanes) is 3. The van der Waals surface area contributed by atoms with Gasteiger partial charge in [0, 0.05) is 10.9 Å². The lowest BCUT2D eigenvalue weighted by Crippen LogP contribution is -1.90. The first-order chi connectivity index (χ1) is 16.7. The summed E-state index contributed by atoms with van der Waals surface area (Å²) in [6.45, 7) is 4.42. The molecule has 0 spiro atoms. The third-order valence-corrected chi connectivity index (χ3v) is 6.39. The highest BCUT2D eigenvalue weighted by Crippen LogP contribution is 2.24. The van der Waals surface area contributed by atoms with Gasteiger partial charge in [0.05, 0.1) is 5.56 Å². The SMILES string of the molecule is CCCCCCc1ccc2c(F)c(C#Cc3ccc(-c4ccc(CCC)cc4)cc3)ccc2c1. The van der Waals surface area contributed by atoms with Crippen molar-refractivity contribution in [2.45, 2.75) is 58.8 Å². The van der Waals surface area contributed by atoms with Crippen molar-refractivity contribution in [2.24, 2.45) is 0 Å². The Morgan fingerprint density at radius 2 is 1.32 bits per heavy atom. The van der Waals surface area contributed by atoms with Gasteiger partial charge in [0.25, 0.3) is 0 Å². The van der Waals surface area contributed by atoms with E-state index in [1.807, 2.05) is 24.3 Å². The van der Waals surface area contributed by atoms with Crippen LogP contribution in [0.15, 0.2) is 78.9 Å². The van der Waals surface area contributed by atoms with Gasteiger partial charge in [-0.2, -0.15) is 0 Å². The summed E-state index contributed by atoms with van der Waals surface area (Å²) in [5, 5.41) is 1.59. The van der Waals surface area contributed by atoms with E-state index < -0.39 is 0 Å². The maximum atomic E-state index is 15.1. The van der Waals surface area contributed by atoms with Crippen molar-refractivity contribution in [2.75, 3.05) is 0 Å². The minimum Gasteiger partial charge on any atom is -0.205 e. The number of hydrogen-bond acceptors (Lipinski definition) is 0. The minimum absolute atomic E-state index is 0.230. The Morgan fingerprint density at radius 3 is 2.03 bits per heavy atom. The van der Waals surface area contributed by atoms with Crippen LogP contribution in [0.3, 0.4) is 0 Å². The molecule has 0 N–H and O–H groups in total. The first-order valence-corrected chi connectivity index (χ1v) is 12.6. The fourth-order valence-electron chi connectivity index (χ4n) is 4.39. The summed E-state index contributed by atoms with van der Waals surface area (Å²) < 4.78 is 15.1. The quantitative estimate of drug-likeness (QED) is 0.186. The number of fused-ring (bicyclic) bond motifs is 1. The van der Waals surface area contributed by atoms with Crippen LogP contribution in [-0.4, -0.2) is 0 Å². The van der Waals surface area contributed by atoms with Crippen molar-refractivity contribution in [3.63, 3.8) is 0 Å². The van der Waals surface area contributed by atoms with Crippen molar-refractivity contribution >= 4 is 10.8 Å². The molecular formula is C33H33F. The van der Waals surface area contributed by atoms with E-state index in [0.717, 1.165) is 35.8 Å². The summed E-state index contributed by atoms with van der Waals surface area (Å²) in [6.07, 6.45) is 8.28. The van der Waals surface area contributed by atoms with Gasteiger partial charge < -0.3 is 0 Å². The molecule has 4 aromatic rings. The zero-order valence-electron chi connectivity index (χ0n) is 20.3. The van der Waals surface area contributed by atoms with E-state index in [0.29, 0.717) is 10.9 Å². The van der Waals surface area contributed by atoms with E-state index in [1.54, 1.807) is 6.07 Å². The topological polar surface area (TPSA) is 0 Å². The van der Waals surface area contributed by atoms with Crippen molar-refractivity contribution < 1.29 is 4.39 Å². The molecule has 0 unspecified atom stereocenters. The third kappa shape index (κ3) is 5.95. The Balaban J connectivity index is 1.47. The maximum Gasteiger partial charge on any atom is 0.146 e. The molecule has 0 bridgehead atoms. The summed E-state index contributed by atoms with van der Waals surface area (Å²) in [5.74, 6) is 5.94. The van der Waals surface area contributed by atoms with E-state index in [-0.39, 0.29) is 5.82 Å². The molecule has 4 aromatic carbocycles. The van der Waals surface area contributed by atoms with Crippen LogP contribution in [0.25, 0.3) is 21.9 Å². The van der Waals surface area contributed by atoms with Crippen LogP contribution in [-0.2, 0) is 12.8 Å². The summed E-state index contributed by atoms with van der Waals surface area (Å²) in [7, 11) is 0. The van der Waals surface area contributed by atoms with Crippen molar-refractivity contribution in [1.82, 2.24) is 0 Å². The highest BCUT2D eigenvalue weighted by Gasteiger charge is 2.07. The summed E-state index contributed by atoms with van der Waals surface area (Å²) in [4.78, 5) is 0. The van der Waals surface area contributed by atoms with Crippen LogP contribution >= 0.6 is 0 Å². The lowest BCUT2D eigenvalue weighted by molar-refractivity contribution is 0.636. The Hall–Kier alpha value is -3.37. The van der Waals surface area contributed by atoms with Gasteiger partial charge in [-0.3, -0.25) is 0 Å². The lowest BCUT2D eigenvalue weighted by atomic mass is 10.00. The van der Waals surface area contributed by atoms with Crippen LogP contribution < -0.4 is 0 Å². The maximum absolute atomic E-state index is 15.1. The Labute approximate surface area is 203 Å². The second-order valence-corrected chi connectivity index (χ2v) is 9.07. The fourth-order valence-corrected chi connectivity index (χ4v) is 4.39. The molecule has 0 heterocycles. The Morgan fingerprint density at radius 1 is 0.618 bits per heavy atom. The minimum atomic E-state index is -0.230. The van der Waals surface area contributed by atoms with Crippen molar-refractivity contribution in [1.29, 1.82) is 0 Å². The second-order valence-electron chi connectivity index (χ2n) is 9.07. The lowest BCUT2D eigenvalue weighted by Gasteiger charge is -2.06. The van der Waals surface area contributed by atoms with E-state index in [1.165, 1.54) is 42.4 Å². The van der Waals surface area contributed by atoms with Crippen LogP contribution in [0.1, 0.15) is 68.2 Å². The van der Waals surface area contributed by atoms with E-state index in [2.05, 4.69) is 74.2 Å². The normalized spacial score (nSPS) is 10.8. The van der Waals surface area contributed by atoms with Gasteiger partial charge in [-0.1, -0.05) is 112 Å². The molecule has 0 aromatic heterocycles. The number of hydrogen-bond donors (Lipinski definition) is 0. The van der Waals surface area contributed by atoms with Crippen molar-refractivity contribution in [3.8, 4) is 23.0 Å². The summed E-state index contributed by atoms with van der Waals surface area (Å²) in [5.41, 5.74) is 6.34. The average molecular weight is 449 g/mol. The van der Waals surface area contributed by atoms with Crippen molar-refractivity contribution in [3.05, 3.63) is 107 Å². The number of halogens is 1. The molecule has 0 fully saturated rings. The zero-order chi connectivity index (χ0) is 23.8. The summed E-state index contributed by atoms with van der Waals surface area (Å²) >= 11 is 0. The predicted octanol–water partition coefficient (Wildman–Crippen LogP) is 9.12. The molecule has 1 heteroatoms. The first-order valence-electron chi connectivity index (χ1n) is 12.6. The molecule has 0 atom stereocenters. The van der Waals surface area contributed by atoms with E-state index in [9.17, 15) is 0 Å². The molecule has 0 radical (unpaired) electrons. The van der Waals surface area contributed by atoms with Crippen LogP contribution in [0.2, 0.25) is 0 Å². The Kier molecular flexibility index (Phi) is 8.16. The number of aryl methyl sites for hydroxylation is 2. The number of rotatable bonds is 8. The zero-order valence-corrected chi connectivity index (χ0v) is 20.3. The van der Waals surface area contributed by atoms with Gasteiger partial charge >= 0.3 is 0 Å². The summed E-state index contributed by atoms with van der Waals surface area (Å²) in [6, 6.07) is 26.8. The molecule has 0 saturated heterocycles. The smallest absolute Gasteiger partial charge is 0.146 e. The molecular weight excluding hydrogens is 415 g/mol. The van der Waals surface area contributed by atoms with E-state index in [4.69, 9.17) is 0 Å². The van der Waals surface area contributed by atoms with Crippen LogP contribution in [0.4, 0.5) is 4.39 Å². The molecule has 172 valence electrons. The van der Waals surface area contributed by atoms with Gasteiger partial charge in [0.15, 0.2) is 0 Å². The molecule has 0 aliphatic heterocycles. The van der Waals surface area contributed by atoms with E-state index >= 15 is 4.39 Å². The molecule has 0 amide bonds. The van der Waals surface area contributed by atoms with Gasteiger partial charge in [-0.15, -0.1) is 0 Å². The highest BCUT2D eigenvalue weighted by molar-refractivity contribution is 5.85. The molecule has 34 heavy (non-hydrogen) atoms. The second kappa shape index (κ2) is 11.7. The monoisotopic (exact) mass is 448 g/mol. The third-order valence-electron chi connectivity index (χ3n) is 6.39. The highest BCUT2D eigenvalue weighted by atomic mass is 19.1. The standard InChI is InChI=1S/C33H33F/c1-3-5-6-7-9-27-15-23-32-31(24-27)22-21-30(33(32)34)20-14-26-12-18-29(19-13-26)28-16-10-25(8-4-2)11-17-28/h10-13,15-19,21-24H,3-9H2,1-2H3. The number of benzene rings is 4. The van der Waals surface area contributed by atoms with Crippen LogP contribution in [0, 0.1) is 17.7 Å². The predicted molar refractivity (Wildman–Crippen MR) is 144 cm³/mol. The largest absolute Gasteiger partial charge is 0.205 e. The first kappa shape index (κ1) is 23.8. The van der Waals surface area contributed by atoms with Gasteiger partial charge in [0.2, 0.25) is 0 Å². The van der Waals surface area contributed by atoms with Gasteiger partial charge in [-0.05, 0) is 65.1 Å². The molecule has 0 nitrogen and oxygen atoms in total. The van der Waals surface area contributed by atoms with Crippen LogP contribution in [0.5, 0.6) is 0 Å². The average Bonchev–Trinajstić information content (AvgIpc) is 2.87. The molecule has 0 saturated carbocycles. The van der Waals surface area contributed by atoms with Gasteiger partial charge in [-0.25, -0.2) is 4.39 Å². The molecule has 0 aliphatic carbocycles. The van der Waals surface area contributed by atoms with Gasteiger partial charge in [0.1, 0.15) is 5.82 Å². The molecule has 0 aliphatic rings.